The van der Waals surface area contributed by atoms with Crippen molar-refractivity contribution in [2.75, 3.05) is 24.3 Å². The van der Waals surface area contributed by atoms with Gasteiger partial charge in [0, 0.05) is 48.3 Å². The molecule has 2 aromatic heterocycles. The maximum atomic E-state index is 12.9. The number of anilines is 2. The molecule has 1 unspecified atom stereocenters. The summed E-state index contributed by atoms with van der Waals surface area (Å²) in [5.74, 6) is -0.133. The van der Waals surface area contributed by atoms with Crippen molar-refractivity contribution in [1.82, 2.24) is 19.4 Å². The number of aromatic nitrogens is 3. The van der Waals surface area contributed by atoms with Crippen molar-refractivity contribution < 1.29 is 23.9 Å². The Morgan fingerprint density at radius 3 is 2.54 bits per heavy atom. The number of H-pyrrole nitrogens is 1. The van der Waals surface area contributed by atoms with Crippen molar-refractivity contribution in [2.45, 2.75) is 58.7 Å². The number of ether oxygens (including phenoxy) is 2. The lowest BCUT2D eigenvalue weighted by atomic mass is 9.93. The van der Waals surface area contributed by atoms with Gasteiger partial charge < -0.3 is 34.0 Å². The number of pyridine rings is 1. The van der Waals surface area contributed by atoms with Gasteiger partial charge in [-0.15, -0.1) is 0 Å². The van der Waals surface area contributed by atoms with Gasteiger partial charge in [0.05, 0.1) is 25.2 Å². The number of benzene rings is 3. The Hall–Kier alpha value is -5.91. The SMILES string of the molecule is Cc1cc(C(C=O)Nc2ccc3cc[nH]c(=O)c3c2)ccc1[C@@H](C)COC(=O)Nc1ccc(-n2ccnc2)c(CN(C)C(=O)OC(C)(C)C)c1. The summed E-state index contributed by atoms with van der Waals surface area (Å²) in [7, 11) is 1.65. The van der Waals surface area contributed by atoms with E-state index in [2.05, 4.69) is 20.6 Å². The highest BCUT2D eigenvalue weighted by molar-refractivity contribution is 5.86. The molecule has 5 rings (SSSR count). The number of carbonyl (C=O) groups excluding carboxylic acids is 3. The Labute approximate surface area is 290 Å². The van der Waals surface area contributed by atoms with Gasteiger partial charge in [-0.3, -0.25) is 10.1 Å². The number of nitrogens with one attached hydrogen (secondary N) is 3. The Morgan fingerprint density at radius 2 is 1.84 bits per heavy atom. The largest absolute Gasteiger partial charge is 0.449 e. The maximum absolute atomic E-state index is 12.9. The molecule has 0 aliphatic carbocycles. The molecule has 2 amide bonds. The first-order valence-electron chi connectivity index (χ1n) is 16.2. The van der Waals surface area contributed by atoms with Crippen molar-refractivity contribution in [1.29, 1.82) is 0 Å². The van der Waals surface area contributed by atoms with E-state index in [-0.39, 0.29) is 24.6 Å². The van der Waals surface area contributed by atoms with Crippen LogP contribution in [0.3, 0.4) is 0 Å². The molecule has 0 saturated heterocycles. The van der Waals surface area contributed by atoms with Crippen molar-refractivity contribution in [2.24, 2.45) is 0 Å². The van der Waals surface area contributed by atoms with Crippen LogP contribution in [0.15, 0.2) is 90.4 Å². The Bertz CT molecular complexity index is 2050. The quantitative estimate of drug-likeness (QED) is 0.125. The predicted molar refractivity (Wildman–Crippen MR) is 193 cm³/mol. The summed E-state index contributed by atoms with van der Waals surface area (Å²) >= 11 is 0. The summed E-state index contributed by atoms with van der Waals surface area (Å²) in [6.45, 7) is 9.68. The monoisotopic (exact) mass is 678 g/mol. The Morgan fingerprint density at radius 1 is 1.06 bits per heavy atom. The van der Waals surface area contributed by atoms with Gasteiger partial charge in [-0.25, -0.2) is 14.6 Å². The van der Waals surface area contributed by atoms with E-state index >= 15 is 0 Å². The van der Waals surface area contributed by atoms with Crippen LogP contribution in [0.1, 0.15) is 61.9 Å². The van der Waals surface area contributed by atoms with Gasteiger partial charge in [-0.2, -0.15) is 0 Å². The normalized spacial score (nSPS) is 12.5. The molecule has 0 radical (unpaired) electrons. The number of carbonyl (C=O) groups is 3. The van der Waals surface area contributed by atoms with Gasteiger partial charge >= 0.3 is 12.2 Å². The Balaban J connectivity index is 1.22. The molecule has 0 fully saturated rings. The van der Waals surface area contributed by atoms with Crippen molar-refractivity contribution in [3.05, 3.63) is 118 Å². The van der Waals surface area contributed by atoms with E-state index in [0.717, 1.165) is 39.6 Å². The number of nitrogens with zero attached hydrogens (tertiary/aromatic N) is 3. The van der Waals surface area contributed by atoms with Gasteiger partial charge in [0.1, 0.15) is 17.9 Å². The number of aldehydes is 1. The average Bonchev–Trinajstić information content (AvgIpc) is 3.61. The van der Waals surface area contributed by atoms with Crippen LogP contribution >= 0.6 is 0 Å². The van der Waals surface area contributed by atoms with Crippen molar-refractivity contribution in [3.8, 4) is 5.69 Å². The molecule has 0 aliphatic rings. The topological polar surface area (TPSA) is 148 Å². The standard InChI is InChI=1S/C38H42N6O6/c1-24-17-27(33(21-45)41-30-9-7-26-13-14-40-35(46)32(26)19-30)8-11-31(24)25(2)22-49-36(47)42-29-10-12-34(44-16-15-39-23-44)28(18-29)20-43(6)37(48)50-38(3,4)5/h7-19,21,23,25,33,41H,20,22H2,1-6H3,(H,40,46)(H,42,47)/t25-,33?/m0/s1. The average molecular weight is 679 g/mol. The molecule has 0 aliphatic heterocycles. The number of hydrogen-bond acceptors (Lipinski definition) is 8. The molecule has 260 valence electrons. The summed E-state index contributed by atoms with van der Waals surface area (Å²) in [5, 5.41) is 7.35. The highest BCUT2D eigenvalue weighted by atomic mass is 16.6. The molecule has 0 saturated carbocycles. The van der Waals surface area contributed by atoms with Crippen LogP contribution < -0.4 is 16.2 Å². The zero-order valence-corrected chi connectivity index (χ0v) is 29.0. The first-order valence-corrected chi connectivity index (χ1v) is 16.2. The van der Waals surface area contributed by atoms with E-state index in [9.17, 15) is 19.2 Å². The van der Waals surface area contributed by atoms with E-state index in [1.807, 2.05) is 81.7 Å². The molecule has 12 heteroatoms. The molecule has 0 bridgehead atoms. The van der Waals surface area contributed by atoms with Crippen LogP contribution in [0, 0.1) is 6.92 Å². The fourth-order valence-corrected chi connectivity index (χ4v) is 5.64. The van der Waals surface area contributed by atoms with E-state index in [1.165, 1.54) is 4.90 Å². The number of aryl methyl sites for hydroxylation is 1. The summed E-state index contributed by atoms with van der Waals surface area (Å²) in [6.07, 6.45) is 6.46. The second-order valence-corrected chi connectivity index (χ2v) is 13.3. The maximum Gasteiger partial charge on any atom is 0.411 e. The lowest BCUT2D eigenvalue weighted by Gasteiger charge is -2.25. The van der Waals surface area contributed by atoms with Crippen LogP contribution in [0.4, 0.5) is 21.0 Å². The third-order valence-electron chi connectivity index (χ3n) is 8.10. The fraction of sp³-hybridized carbons (Fsp3) is 0.289. The third kappa shape index (κ3) is 8.76. The van der Waals surface area contributed by atoms with Crippen molar-refractivity contribution in [3.63, 3.8) is 0 Å². The van der Waals surface area contributed by atoms with Crippen molar-refractivity contribution >= 4 is 40.6 Å². The third-order valence-corrected chi connectivity index (χ3v) is 8.10. The summed E-state index contributed by atoms with van der Waals surface area (Å²) < 4.78 is 12.9. The van der Waals surface area contributed by atoms with Gasteiger partial charge in [-0.05, 0) is 91.7 Å². The first-order chi connectivity index (χ1) is 23.8. The number of hydrogen-bond donors (Lipinski definition) is 3. The Kier molecular flexibility index (Phi) is 10.7. The molecule has 50 heavy (non-hydrogen) atoms. The summed E-state index contributed by atoms with van der Waals surface area (Å²) in [4.78, 5) is 58.2. The van der Waals surface area contributed by atoms with Crippen LogP contribution in [-0.2, 0) is 20.8 Å². The smallest absolute Gasteiger partial charge is 0.411 e. The minimum absolute atomic E-state index is 0.119. The summed E-state index contributed by atoms with van der Waals surface area (Å²) in [6, 6.07) is 17.7. The molecule has 12 nitrogen and oxygen atoms in total. The second-order valence-electron chi connectivity index (χ2n) is 13.3. The highest BCUT2D eigenvalue weighted by Crippen LogP contribution is 2.27. The van der Waals surface area contributed by atoms with E-state index < -0.39 is 23.8 Å². The lowest BCUT2D eigenvalue weighted by Crippen LogP contribution is -2.34. The van der Waals surface area contributed by atoms with E-state index in [0.29, 0.717) is 16.8 Å². The summed E-state index contributed by atoms with van der Waals surface area (Å²) in [5.41, 5.74) is 4.55. The first kappa shape index (κ1) is 35.4. The molecule has 3 N–H and O–H groups in total. The fourth-order valence-electron chi connectivity index (χ4n) is 5.64. The number of amides is 2. The minimum Gasteiger partial charge on any atom is -0.449 e. The zero-order valence-electron chi connectivity index (χ0n) is 29.0. The predicted octanol–water partition coefficient (Wildman–Crippen LogP) is 7.09. The number of imidazole rings is 1. The molecule has 5 aromatic rings. The zero-order chi connectivity index (χ0) is 36.0. The highest BCUT2D eigenvalue weighted by Gasteiger charge is 2.21. The molecular formula is C38H42N6O6. The number of fused-ring (bicyclic) bond motifs is 1. The van der Waals surface area contributed by atoms with E-state index in [1.54, 1.807) is 50.2 Å². The van der Waals surface area contributed by atoms with Gasteiger partial charge in [0.2, 0.25) is 0 Å². The molecule has 0 spiro atoms. The van der Waals surface area contributed by atoms with Gasteiger partial charge in [0.15, 0.2) is 0 Å². The minimum atomic E-state index is -0.638. The lowest BCUT2D eigenvalue weighted by molar-refractivity contribution is -0.108. The van der Waals surface area contributed by atoms with Crippen LogP contribution in [0.5, 0.6) is 0 Å². The van der Waals surface area contributed by atoms with Gasteiger partial charge in [0.25, 0.3) is 5.56 Å². The van der Waals surface area contributed by atoms with Crippen LogP contribution in [0.2, 0.25) is 0 Å². The molecule has 2 atom stereocenters. The number of rotatable bonds is 11. The van der Waals surface area contributed by atoms with Crippen LogP contribution in [0.25, 0.3) is 16.5 Å². The molecule has 3 aromatic carbocycles. The molecular weight excluding hydrogens is 636 g/mol. The second kappa shape index (κ2) is 15.1. The van der Waals surface area contributed by atoms with Gasteiger partial charge in [-0.1, -0.05) is 31.2 Å². The van der Waals surface area contributed by atoms with E-state index in [4.69, 9.17) is 9.47 Å². The number of aromatic amines is 1. The molecule has 2 heterocycles. The van der Waals surface area contributed by atoms with Crippen LogP contribution in [-0.4, -0.2) is 57.2 Å².